The van der Waals surface area contributed by atoms with Gasteiger partial charge < -0.3 is 11.1 Å². The average molecular weight is 293 g/mol. The molecule has 0 aromatic heterocycles. The van der Waals surface area contributed by atoms with Crippen LogP contribution in [0, 0.1) is 17.0 Å². The SMILES string of the molecule is CC(C)(C)[C@H](N)C(=O)NCc1cc(F)ccc1F.Cl. The molecule has 0 radical (unpaired) electrons. The highest BCUT2D eigenvalue weighted by molar-refractivity contribution is 5.85. The minimum atomic E-state index is -0.700. The van der Waals surface area contributed by atoms with E-state index in [4.69, 9.17) is 5.73 Å². The maximum atomic E-state index is 13.3. The molecule has 0 aliphatic heterocycles. The number of hydrogen-bond donors (Lipinski definition) is 2. The molecule has 3 N–H and O–H groups in total. The third-order valence-electron chi connectivity index (χ3n) is 2.68. The van der Waals surface area contributed by atoms with Crippen LogP contribution in [0.25, 0.3) is 0 Å². The summed E-state index contributed by atoms with van der Waals surface area (Å²) in [6.45, 7) is 5.42. The Morgan fingerprint density at radius 2 is 1.95 bits per heavy atom. The van der Waals surface area contributed by atoms with E-state index < -0.39 is 17.7 Å². The summed E-state index contributed by atoms with van der Waals surface area (Å²) in [6.07, 6.45) is 0. The summed E-state index contributed by atoms with van der Waals surface area (Å²) in [5.74, 6) is -1.48. The van der Waals surface area contributed by atoms with Crippen LogP contribution in [0.3, 0.4) is 0 Å². The largest absolute Gasteiger partial charge is 0.351 e. The Morgan fingerprint density at radius 1 is 1.37 bits per heavy atom. The summed E-state index contributed by atoms with van der Waals surface area (Å²) in [5, 5.41) is 2.50. The van der Waals surface area contributed by atoms with Crippen molar-refractivity contribution in [1.29, 1.82) is 0 Å². The highest BCUT2D eigenvalue weighted by atomic mass is 35.5. The summed E-state index contributed by atoms with van der Waals surface area (Å²) in [7, 11) is 0. The van der Waals surface area contributed by atoms with Gasteiger partial charge in [0.05, 0.1) is 6.04 Å². The molecule has 0 saturated carbocycles. The molecule has 19 heavy (non-hydrogen) atoms. The van der Waals surface area contributed by atoms with Crippen molar-refractivity contribution in [2.45, 2.75) is 33.4 Å². The van der Waals surface area contributed by atoms with E-state index in [0.717, 1.165) is 18.2 Å². The van der Waals surface area contributed by atoms with Crippen LogP contribution in [-0.2, 0) is 11.3 Å². The van der Waals surface area contributed by atoms with Gasteiger partial charge in [-0.25, -0.2) is 8.78 Å². The standard InChI is InChI=1S/C13H18F2N2O.ClH/c1-13(2,3)11(16)12(18)17-7-8-6-9(14)4-5-10(8)15;/h4-6,11H,7,16H2,1-3H3,(H,17,18);1H/t11-;/m1./s1. The summed E-state index contributed by atoms with van der Waals surface area (Å²) in [6, 6.07) is 2.41. The van der Waals surface area contributed by atoms with Crippen LogP contribution in [0.2, 0.25) is 0 Å². The molecule has 0 heterocycles. The first-order chi connectivity index (χ1) is 8.21. The maximum absolute atomic E-state index is 13.3. The molecule has 0 bridgehead atoms. The van der Waals surface area contributed by atoms with Gasteiger partial charge in [-0.3, -0.25) is 4.79 Å². The Hall–Kier alpha value is -1.20. The molecule has 1 aromatic carbocycles. The fraction of sp³-hybridized carbons (Fsp3) is 0.462. The van der Waals surface area contributed by atoms with Gasteiger partial charge in [0, 0.05) is 12.1 Å². The molecule has 1 aromatic rings. The third-order valence-corrected chi connectivity index (χ3v) is 2.68. The fourth-order valence-corrected chi connectivity index (χ4v) is 1.36. The Balaban J connectivity index is 0.00000324. The molecule has 1 atom stereocenters. The molecule has 108 valence electrons. The zero-order valence-corrected chi connectivity index (χ0v) is 12.0. The predicted molar refractivity (Wildman–Crippen MR) is 72.9 cm³/mol. The van der Waals surface area contributed by atoms with Gasteiger partial charge in [0.25, 0.3) is 0 Å². The first kappa shape index (κ1) is 17.8. The van der Waals surface area contributed by atoms with Crippen LogP contribution >= 0.6 is 12.4 Å². The van der Waals surface area contributed by atoms with Crippen molar-refractivity contribution in [2.24, 2.45) is 11.1 Å². The van der Waals surface area contributed by atoms with Crippen molar-refractivity contribution in [3.63, 3.8) is 0 Å². The number of nitrogens with two attached hydrogens (primary N) is 1. The predicted octanol–water partition coefficient (Wildman–Crippen LogP) is 2.38. The topological polar surface area (TPSA) is 55.1 Å². The van der Waals surface area contributed by atoms with Crippen LogP contribution in [0.5, 0.6) is 0 Å². The number of carbonyl (C=O) groups is 1. The van der Waals surface area contributed by atoms with Gasteiger partial charge >= 0.3 is 0 Å². The summed E-state index contributed by atoms with van der Waals surface area (Å²) >= 11 is 0. The van der Waals surface area contributed by atoms with E-state index in [0.29, 0.717) is 0 Å². The molecule has 0 saturated heterocycles. The van der Waals surface area contributed by atoms with Gasteiger partial charge in [-0.15, -0.1) is 12.4 Å². The highest BCUT2D eigenvalue weighted by Crippen LogP contribution is 2.17. The first-order valence-electron chi connectivity index (χ1n) is 5.69. The smallest absolute Gasteiger partial charge is 0.237 e. The van der Waals surface area contributed by atoms with E-state index in [9.17, 15) is 13.6 Å². The lowest BCUT2D eigenvalue weighted by molar-refractivity contribution is -0.124. The van der Waals surface area contributed by atoms with Crippen LogP contribution in [-0.4, -0.2) is 11.9 Å². The van der Waals surface area contributed by atoms with Gasteiger partial charge in [-0.1, -0.05) is 20.8 Å². The molecule has 6 heteroatoms. The van der Waals surface area contributed by atoms with Crippen molar-refractivity contribution in [2.75, 3.05) is 0 Å². The van der Waals surface area contributed by atoms with E-state index in [2.05, 4.69) is 5.32 Å². The van der Waals surface area contributed by atoms with Gasteiger partial charge in [0.2, 0.25) is 5.91 Å². The summed E-state index contributed by atoms with van der Waals surface area (Å²) in [4.78, 5) is 11.7. The van der Waals surface area contributed by atoms with Crippen molar-refractivity contribution < 1.29 is 13.6 Å². The molecule has 0 aliphatic rings. The molecule has 0 spiro atoms. The number of amides is 1. The fourth-order valence-electron chi connectivity index (χ4n) is 1.36. The summed E-state index contributed by atoms with van der Waals surface area (Å²) < 4.78 is 26.2. The minimum absolute atomic E-state index is 0. The van der Waals surface area contributed by atoms with Crippen molar-refractivity contribution in [3.8, 4) is 0 Å². The Morgan fingerprint density at radius 3 is 2.47 bits per heavy atom. The number of halogens is 3. The lowest BCUT2D eigenvalue weighted by atomic mass is 9.87. The van der Waals surface area contributed by atoms with Crippen LogP contribution in [0.4, 0.5) is 8.78 Å². The molecule has 0 fully saturated rings. The van der Waals surface area contributed by atoms with E-state index in [1.54, 1.807) is 0 Å². The van der Waals surface area contributed by atoms with Crippen molar-refractivity contribution >= 4 is 18.3 Å². The molecule has 1 amide bonds. The quantitative estimate of drug-likeness (QED) is 0.899. The second-order valence-electron chi connectivity index (χ2n) is 5.30. The average Bonchev–Trinajstić information content (AvgIpc) is 2.27. The van der Waals surface area contributed by atoms with Crippen LogP contribution in [0.1, 0.15) is 26.3 Å². The Bertz CT molecular complexity index is 447. The van der Waals surface area contributed by atoms with Gasteiger partial charge in [-0.2, -0.15) is 0 Å². The van der Waals surface area contributed by atoms with Gasteiger partial charge in [0.1, 0.15) is 11.6 Å². The van der Waals surface area contributed by atoms with E-state index in [1.807, 2.05) is 20.8 Å². The Labute approximate surface area is 118 Å². The maximum Gasteiger partial charge on any atom is 0.237 e. The molecule has 3 nitrogen and oxygen atoms in total. The monoisotopic (exact) mass is 292 g/mol. The number of nitrogens with one attached hydrogen (secondary N) is 1. The minimum Gasteiger partial charge on any atom is -0.351 e. The lowest BCUT2D eigenvalue weighted by Crippen LogP contribution is -2.48. The third kappa shape index (κ3) is 5.12. The van der Waals surface area contributed by atoms with Crippen molar-refractivity contribution in [1.82, 2.24) is 5.32 Å². The second-order valence-corrected chi connectivity index (χ2v) is 5.30. The Kier molecular flexibility index (Phi) is 6.39. The van der Waals surface area contributed by atoms with Gasteiger partial charge in [-0.05, 0) is 23.6 Å². The van der Waals surface area contributed by atoms with E-state index in [1.165, 1.54) is 0 Å². The zero-order chi connectivity index (χ0) is 13.9. The lowest BCUT2D eigenvalue weighted by Gasteiger charge is -2.25. The van der Waals surface area contributed by atoms with Crippen LogP contribution < -0.4 is 11.1 Å². The van der Waals surface area contributed by atoms with E-state index >= 15 is 0 Å². The van der Waals surface area contributed by atoms with Crippen LogP contribution in [0.15, 0.2) is 18.2 Å². The highest BCUT2D eigenvalue weighted by Gasteiger charge is 2.27. The molecular weight excluding hydrogens is 274 g/mol. The van der Waals surface area contributed by atoms with E-state index in [-0.39, 0.29) is 35.8 Å². The number of rotatable bonds is 3. The molecule has 0 aliphatic carbocycles. The van der Waals surface area contributed by atoms with Crippen molar-refractivity contribution in [3.05, 3.63) is 35.4 Å². The normalized spacial score (nSPS) is 12.5. The first-order valence-corrected chi connectivity index (χ1v) is 5.69. The number of carbonyl (C=O) groups excluding carboxylic acids is 1. The van der Waals surface area contributed by atoms with Gasteiger partial charge in [0.15, 0.2) is 0 Å². The molecule has 0 unspecified atom stereocenters. The molecular formula is C13H19ClF2N2O. The molecule has 1 rings (SSSR count). The number of benzene rings is 1. The number of hydrogen-bond acceptors (Lipinski definition) is 2. The second kappa shape index (κ2) is 6.82. The summed E-state index contributed by atoms with van der Waals surface area (Å²) in [5.41, 5.74) is 5.46. The zero-order valence-electron chi connectivity index (χ0n) is 11.2.